The molecule has 9 nitrogen and oxygen atoms in total. The summed E-state index contributed by atoms with van der Waals surface area (Å²) in [5.41, 5.74) is 2.88. The Morgan fingerprint density at radius 3 is 2.72 bits per heavy atom. The van der Waals surface area contributed by atoms with E-state index in [0.717, 1.165) is 5.56 Å². The molecular weight excluding hydrogens is 410 g/mol. The number of carbonyl (C=O) groups is 2. The predicted molar refractivity (Wildman–Crippen MR) is 120 cm³/mol. The Morgan fingerprint density at radius 2 is 2.03 bits per heavy atom. The molecule has 9 heteroatoms. The van der Waals surface area contributed by atoms with Crippen molar-refractivity contribution in [3.05, 3.63) is 78.0 Å². The van der Waals surface area contributed by atoms with Gasteiger partial charge in [0.1, 0.15) is 11.3 Å². The quantitative estimate of drug-likeness (QED) is 0.411. The van der Waals surface area contributed by atoms with Crippen molar-refractivity contribution in [2.45, 2.75) is 6.54 Å². The number of imidazole rings is 1. The third kappa shape index (κ3) is 4.08. The topological polar surface area (TPSA) is 118 Å². The van der Waals surface area contributed by atoms with Crippen LogP contribution in [-0.4, -0.2) is 45.7 Å². The van der Waals surface area contributed by atoms with Crippen LogP contribution in [0.1, 0.15) is 26.3 Å². The minimum atomic E-state index is -1.13. The van der Waals surface area contributed by atoms with Crippen molar-refractivity contribution in [3.63, 3.8) is 0 Å². The van der Waals surface area contributed by atoms with Crippen LogP contribution in [-0.2, 0) is 6.54 Å². The van der Waals surface area contributed by atoms with Gasteiger partial charge in [0.05, 0.1) is 31.2 Å². The number of rotatable bonds is 7. The van der Waals surface area contributed by atoms with E-state index in [-0.39, 0.29) is 11.5 Å². The number of pyridine rings is 1. The lowest BCUT2D eigenvalue weighted by molar-refractivity contribution is 0.0697. The summed E-state index contributed by atoms with van der Waals surface area (Å²) in [7, 11) is 3.12. The highest BCUT2D eigenvalue weighted by Gasteiger charge is 2.18. The number of methoxy groups -OCH3 is 1. The molecule has 0 spiro atoms. The summed E-state index contributed by atoms with van der Waals surface area (Å²) in [6, 6.07) is 10.5. The molecule has 0 saturated heterocycles. The van der Waals surface area contributed by atoms with Crippen LogP contribution in [0.5, 0.6) is 5.75 Å². The molecule has 0 aliphatic rings. The molecule has 0 unspecified atom stereocenters. The number of amides is 1. The average Bonchev–Trinajstić information content (AvgIpc) is 3.32. The molecule has 0 fully saturated rings. The zero-order chi connectivity index (χ0) is 22.7. The normalized spacial score (nSPS) is 10.7. The Morgan fingerprint density at radius 1 is 1.19 bits per heavy atom. The van der Waals surface area contributed by atoms with Crippen LogP contribution in [0.3, 0.4) is 0 Å². The number of ether oxygens (including phenoxy) is 1. The minimum absolute atomic E-state index is 0.00374. The zero-order valence-electron chi connectivity index (χ0n) is 17.5. The van der Waals surface area contributed by atoms with Crippen molar-refractivity contribution in [1.82, 2.24) is 19.9 Å². The third-order valence-electron chi connectivity index (χ3n) is 5.07. The molecule has 2 aromatic carbocycles. The van der Waals surface area contributed by atoms with Gasteiger partial charge in [0.25, 0.3) is 5.91 Å². The smallest absolute Gasteiger partial charge is 0.339 e. The predicted octanol–water partition coefficient (Wildman–Crippen LogP) is 3.29. The van der Waals surface area contributed by atoms with E-state index in [1.165, 1.54) is 13.2 Å². The second-order valence-corrected chi connectivity index (χ2v) is 7.05. The number of fused-ring (bicyclic) bond motifs is 1. The first-order valence-electron chi connectivity index (χ1n) is 9.78. The first kappa shape index (κ1) is 20.9. The van der Waals surface area contributed by atoms with Crippen molar-refractivity contribution >= 4 is 34.2 Å². The molecule has 0 bridgehead atoms. The summed E-state index contributed by atoms with van der Waals surface area (Å²) in [6.07, 6.45) is 6.53. The molecule has 32 heavy (non-hydrogen) atoms. The summed E-state index contributed by atoms with van der Waals surface area (Å²) in [5, 5.41) is 16.2. The summed E-state index contributed by atoms with van der Waals surface area (Å²) in [6.45, 7) is 0.494. The number of benzene rings is 2. The Labute approximate surface area is 183 Å². The highest BCUT2D eigenvalue weighted by Crippen LogP contribution is 2.33. The van der Waals surface area contributed by atoms with Crippen molar-refractivity contribution in [1.29, 1.82) is 0 Å². The van der Waals surface area contributed by atoms with E-state index in [2.05, 4.69) is 20.6 Å². The molecule has 3 N–H and O–H groups in total. The molecule has 4 aromatic rings. The van der Waals surface area contributed by atoms with Gasteiger partial charge >= 0.3 is 5.97 Å². The standard InChI is InChI=1S/C23H21N5O4/c1-24-22(29)14-3-5-20-17(10-14)21(18(11-26-20)23(30)31)27-19-6-4-16(32-2)9-15(19)12-28-8-7-25-13-28/h3-11,13H,12H2,1-2H3,(H,24,29)(H,26,27)(H,30,31). The third-order valence-corrected chi connectivity index (χ3v) is 5.07. The number of nitrogens with one attached hydrogen (secondary N) is 2. The lowest BCUT2D eigenvalue weighted by atomic mass is 10.0. The molecule has 2 aromatic heterocycles. The Hall–Kier alpha value is -4.40. The largest absolute Gasteiger partial charge is 0.497 e. The van der Waals surface area contributed by atoms with Gasteiger partial charge in [-0.1, -0.05) is 0 Å². The Kier molecular flexibility index (Phi) is 5.71. The van der Waals surface area contributed by atoms with E-state index in [1.807, 2.05) is 22.9 Å². The van der Waals surface area contributed by atoms with Crippen molar-refractivity contribution in [2.24, 2.45) is 0 Å². The van der Waals surface area contributed by atoms with E-state index >= 15 is 0 Å². The van der Waals surface area contributed by atoms with Gasteiger partial charge in [-0.15, -0.1) is 0 Å². The van der Waals surface area contributed by atoms with Gasteiger partial charge in [-0.25, -0.2) is 9.78 Å². The van der Waals surface area contributed by atoms with Gasteiger partial charge in [-0.2, -0.15) is 0 Å². The van der Waals surface area contributed by atoms with E-state index in [1.54, 1.807) is 43.9 Å². The first-order valence-corrected chi connectivity index (χ1v) is 9.78. The van der Waals surface area contributed by atoms with Crippen LogP contribution in [0.15, 0.2) is 61.3 Å². The van der Waals surface area contributed by atoms with Crippen molar-refractivity contribution < 1.29 is 19.4 Å². The van der Waals surface area contributed by atoms with Crippen LogP contribution >= 0.6 is 0 Å². The molecule has 0 aliphatic carbocycles. The Bertz CT molecular complexity index is 1300. The Balaban J connectivity index is 1.86. The fourth-order valence-electron chi connectivity index (χ4n) is 3.44. The summed E-state index contributed by atoms with van der Waals surface area (Å²) < 4.78 is 7.26. The number of carboxylic acid groups (broad SMARTS) is 1. The second-order valence-electron chi connectivity index (χ2n) is 7.05. The van der Waals surface area contributed by atoms with Crippen LogP contribution in [0.25, 0.3) is 10.9 Å². The number of carboxylic acids is 1. The van der Waals surface area contributed by atoms with Gasteiger partial charge in [0, 0.05) is 42.3 Å². The molecule has 0 aliphatic heterocycles. The monoisotopic (exact) mass is 431 g/mol. The fourth-order valence-corrected chi connectivity index (χ4v) is 3.44. The maximum absolute atomic E-state index is 12.2. The molecule has 2 heterocycles. The number of aromatic carboxylic acids is 1. The molecule has 4 rings (SSSR count). The minimum Gasteiger partial charge on any atom is -0.497 e. The van der Waals surface area contributed by atoms with Gasteiger partial charge < -0.3 is 25.0 Å². The SMILES string of the molecule is CNC(=O)c1ccc2ncc(C(=O)O)c(Nc3ccc(OC)cc3Cn3ccnc3)c2c1. The zero-order valence-corrected chi connectivity index (χ0v) is 17.5. The number of anilines is 2. The van der Waals surface area contributed by atoms with Crippen LogP contribution < -0.4 is 15.4 Å². The lowest BCUT2D eigenvalue weighted by Gasteiger charge is -2.17. The van der Waals surface area contributed by atoms with Gasteiger partial charge in [0.2, 0.25) is 0 Å². The van der Waals surface area contributed by atoms with Crippen LogP contribution in [0.4, 0.5) is 11.4 Å². The molecule has 0 saturated carbocycles. The molecule has 162 valence electrons. The van der Waals surface area contributed by atoms with Crippen molar-refractivity contribution in [3.8, 4) is 5.75 Å². The summed E-state index contributed by atoms with van der Waals surface area (Å²) in [4.78, 5) is 32.5. The second kappa shape index (κ2) is 8.76. The first-order chi connectivity index (χ1) is 15.5. The maximum Gasteiger partial charge on any atom is 0.339 e. The molecule has 0 atom stereocenters. The van der Waals surface area contributed by atoms with Crippen molar-refractivity contribution in [2.75, 3.05) is 19.5 Å². The highest BCUT2D eigenvalue weighted by molar-refractivity contribution is 6.07. The summed E-state index contributed by atoms with van der Waals surface area (Å²) >= 11 is 0. The van der Waals surface area contributed by atoms with Gasteiger partial charge in [0.15, 0.2) is 0 Å². The lowest BCUT2D eigenvalue weighted by Crippen LogP contribution is -2.17. The van der Waals surface area contributed by atoms with E-state index in [9.17, 15) is 14.7 Å². The highest BCUT2D eigenvalue weighted by atomic mass is 16.5. The van der Waals surface area contributed by atoms with E-state index < -0.39 is 5.97 Å². The van der Waals surface area contributed by atoms with E-state index in [0.29, 0.717) is 40.1 Å². The van der Waals surface area contributed by atoms with Gasteiger partial charge in [-0.05, 0) is 42.0 Å². The van der Waals surface area contributed by atoms with Gasteiger partial charge in [-0.3, -0.25) is 9.78 Å². The van der Waals surface area contributed by atoms with E-state index in [4.69, 9.17) is 4.74 Å². The number of hydrogen-bond acceptors (Lipinski definition) is 6. The fraction of sp³-hybridized carbons (Fsp3) is 0.130. The number of nitrogens with zero attached hydrogens (tertiary/aromatic N) is 3. The molecular formula is C23H21N5O4. The number of carbonyl (C=O) groups excluding carboxylic acids is 1. The molecule has 1 amide bonds. The molecule has 0 radical (unpaired) electrons. The maximum atomic E-state index is 12.2. The average molecular weight is 431 g/mol. The number of aromatic nitrogens is 3. The van der Waals surface area contributed by atoms with Crippen LogP contribution in [0, 0.1) is 0 Å². The summed E-state index contributed by atoms with van der Waals surface area (Å²) in [5.74, 6) is -0.730. The number of hydrogen-bond donors (Lipinski definition) is 3. The van der Waals surface area contributed by atoms with Crippen LogP contribution in [0.2, 0.25) is 0 Å².